The van der Waals surface area contributed by atoms with Gasteiger partial charge in [-0.2, -0.15) is 4.31 Å². The van der Waals surface area contributed by atoms with E-state index in [0.29, 0.717) is 50.6 Å². The number of hydrogen-bond acceptors (Lipinski definition) is 7. The summed E-state index contributed by atoms with van der Waals surface area (Å²) in [6.45, 7) is 11.8. The van der Waals surface area contributed by atoms with Gasteiger partial charge >= 0.3 is 0 Å². The van der Waals surface area contributed by atoms with Gasteiger partial charge in [-0.3, -0.25) is 14.6 Å². The highest BCUT2D eigenvalue weighted by Gasteiger charge is 2.33. The van der Waals surface area contributed by atoms with Crippen molar-refractivity contribution in [1.29, 1.82) is 0 Å². The largest absolute Gasteiger partial charge is 0.360 e. The number of sulfonamides is 1. The lowest BCUT2D eigenvalue weighted by Crippen LogP contribution is -2.51. The normalized spacial score (nSPS) is 19.3. The molecule has 3 heterocycles. The quantitative estimate of drug-likeness (QED) is 0.609. The minimum Gasteiger partial charge on any atom is -0.360 e. The van der Waals surface area contributed by atoms with Crippen molar-refractivity contribution in [1.82, 2.24) is 24.2 Å². The molecule has 9 nitrogen and oxygen atoms in total. The van der Waals surface area contributed by atoms with E-state index in [1.54, 1.807) is 13.8 Å². The van der Waals surface area contributed by atoms with E-state index in [1.807, 2.05) is 4.90 Å². The van der Waals surface area contributed by atoms with Gasteiger partial charge in [0.1, 0.15) is 10.6 Å². The number of rotatable bonds is 6. The van der Waals surface area contributed by atoms with Gasteiger partial charge < -0.3 is 9.42 Å². The molecule has 186 valence electrons. The molecule has 2 aromatic rings. The van der Waals surface area contributed by atoms with Crippen LogP contribution in [-0.2, 0) is 21.4 Å². The third-order valence-electron chi connectivity index (χ3n) is 6.85. The Morgan fingerprint density at radius 3 is 2.32 bits per heavy atom. The Morgan fingerprint density at radius 1 is 0.941 bits per heavy atom. The molecule has 2 aliphatic heterocycles. The summed E-state index contributed by atoms with van der Waals surface area (Å²) in [5.41, 5.74) is 3.02. The number of aromatic nitrogens is 1. The predicted molar refractivity (Wildman–Crippen MR) is 129 cm³/mol. The van der Waals surface area contributed by atoms with E-state index >= 15 is 0 Å². The highest BCUT2D eigenvalue weighted by atomic mass is 32.2. The van der Waals surface area contributed by atoms with Gasteiger partial charge in [0, 0.05) is 52.4 Å². The average molecular weight is 490 g/mol. The summed E-state index contributed by atoms with van der Waals surface area (Å²) in [5.74, 6) is 0.438. The van der Waals surface area contributed by atoms with E-state index in [1.165, 1.54) is 15.4 Å². The van der Waals surface area contributed by atoms with Crippen molar-refractivity contribution in [2.24, 2.45) is 0 Å². The van der Waals surface area contributed by atoms with Gasteiger partial charge in [0.15, 0.2) is 5.76 Å². The molecule has 1 amide bonds. The lowest BCUT2D eigenvalue weighted by molar-refractivity contribution is -0.134. The molecule has 2 fully saturated rings. The van der Waals surface area contributed by atoms with Gasteiger partial charge in [0.2, 0.25) is 15.9 Å². The fourth-order valence-electron chi connectivity index (χ4n) is 4.79. The summed E-state index contributed by atoms with van der Waals surface area (Å²) in [4.78, 5) is 19.5. The minimum atomic E-state index is -3.66. The number of carbonyl (C=O) groups excluding carboxylic acids is 1. The molecule has 0 aliphatic carbocycles. The smallest absolute Gasteiger partial charge is 0.248 e. The van der Waals surface area contributed by atoms with Crippen molar-refractivity contribution in [2.75, 3.05) is 58.9 Å². The van der Waals surface area contributed by atoms with Gasteiger partial charge in [-0.15, -0.1) is 0 Å². The molecule has 1 aromatic carbocycles. The molecule has 0 spiro atoms. The van der Waals surface area contributed by atoms with E-state index in [-0.39, 0.29) is 10.8 Å². The second-order valence-electron chi connectivity index (χ2n) is 9.27. The SMILES string of the molecule is Cc1ccccc1CN1CCN(C(=O)CN2CCCN(S(=O)(=O)c3c(C)noc3C)CC2)CC1. The Labute approximate surface area is 202 Å². The molecule has 1 aromatic heterocycles. The zero-order chi connectivity index (χ0) is 24.3. The molecule has 34 heavy (non-hydrogen) atoms. The van der Waals surface area contributed by atoms with Crippen LogP contribution in [0.5, 0.6) is 0 Å². The van der Waals surface area contributed by atoms with Crippen molar-refractivity contribution < 1.29 is 17.7 Å². The van der Waals surface area contributed by atoms with E-state index in [9.17, 15) is 13.2 Å². The average Bonchev–Trinajstić information content (AvgIpc) is 3.00. The van der Waals surface area contributed by atoms with Gasteiger partial charge in [-0.25, -0.2) is 8.42 Å². The first-order valence-corrected chi connectivity index (χ1v) is 13.4. The number of aryl methyl sites for hydroxylation is 3. The lowest BCUT2D eigenvalue weighted by Gasteiger charge is -2.36. The van der Waals surface area contributed by atoms with Crippen LogP contribution >= 0.6 is 0 Å². The molecule has 0 saturated carbocycles. The number of nitrogens with zero attached hydrogens (tertiary/aromatic N) is 5. The molecule has 0 bridgehead atoms. The predicted octanol–water partition coefficient (Wildman–Crippen LogP) is 1.64. The third kappa shape index (κ3) is 5.51. The number of benzene rings is 1. The molecular formula is C24H35N5O4S. The lowest BCUT2D eigenvalue weighted by atomic mass is 10.1. The number of amides is 1. The monoisotopic (exact) mass is 489 g/mol. The van der Waals surface area contributed by atoms with Crippen molar-refractivity contribution in [2.45, 2.75) is 38.6 Å². The van der Waals surface area contributed by atoms with Gasteiger partial charge in [-0.1, -0.05) is 29.4 Å². The van der Waals surface area contributed by atoms with Crippen LogP contribution in [0.3, 0.4) is 0 Å². The van der Waals surface area contributed by atoms with Gasteiger partial charge in [0.05, 0.1) is 6.54 Å². The first kappa shape index (κ1) is 24.8. The Balaban J connectivity index is 1.27. The number of piperazine rings is 1. The standard InChI is InChI=1S/C24H35N5O4S/c1-19-7-4-5-8-22(19)17-27-11-14-28(15-12-27)23(30)18-26-9-6-10-29(16-13-26)34(31,32)24-20(2)25-33-21(24)3/h4-5,7-8H,6,9-18H2,1-3H3. The first-order valence-electron chi connectivity index (χ1n) is 12.0. The second-order valence-corrected chi connectivity index (χ2v) is 11.1. The molecular weight excluding hydrogens is 454 g/mol. The molecule has 4 rings (SSSR count). The van der Waals surface area contributed by atoms with Crippen molar-refractivity contribution >= 4 is 15.9 Å². The molecule has 0 unspecified atom stereocenters. The van der Waals surface area contributed by atoms with Crippen LogP contribution in [0.15, 0.2) is 33.7 Å². The molecule has 2 aliphatic rings. The van der Waals surface area contributed by atoms with Crippen LogP contribution in [-0.4, -0.2) is 97.4 Å². The third-order valence-corrected chi connectivity index (χ3v) is 9.00. The Bertz CT molecular complexity index is 1090. The summed E-state index contributed by atoms with van der Waals surface area (Å²) in [7, 11) is -3.66. The zero-order valence-electron chi connectivity index (χ0n) is 20.4. The number of carbonyl (C=O) groups is 1. The highest BCUT2D eigenvalue weighted by molar-refractivity contribution is 7.89. The topological polar surface area (TPSA) is 90.2 Å². The van der Waals surface area contributed by atoms with E-state index in [0.717, 1.165) is 32.7 Å². The molecule has 0 atom stereocenters. The maximum absolute atomic E-state index is 13.1. The molecule has 10 heteroatoms. The second kappa shape index (κ2) is 10.6. The molecule has 0 N–H and O–H groups in total. The van der Waals surface area contributed by atoms with Crippen molar-refractivity contribution in [3.63, 3.8) is 0 Å². The highest BCUT2D eigenvalue weighted by Crippen LogP contribution is 2.24. The maximum Gasteiger partial charge on any atom is 0.248 e. The summed E-state index contributed by atoms with van der Waals surface area (Å²) in [5, 5.41) is 3.79. The fraction of sp³-hybridized carbons (Fsp3) is 0.583. The Kier molecular flexibility index (Phi) is 7.71. The van der Waals surface area contributed by atoms with E-state index in [2.05, 4.69) is 46.1 Å². The van der Waals surface area contributed by atoms with E-state index < -0.39 is 10.0 Å². The van der Waals surface area contributed by atoms with Crippen LogP contribution in [0.25, 0.3) is 0 Å². The summed E-state index contributed by atoms with van der Waals surface area (Å²) < 4.78 is 32.8. The van der Waals surface area contributed by atoms with Crippen LogP contribution in [0, 0.1) is 20.8 Å². The zero-order valence-corrected chi connectivity index (χ0v) is 21.2. The van der Waals surface area contributed by atoms with Gasteiger partial charge in [0.25, 0.3) is 0 Å². The first-order chi connectivity index (χ1) is 16.3. The van der Waals surface area contributed by atoms with Crippen LogP contribution in [0.4, 0.5) is 0 Å². The molecule has 2 saturated heterocycles. The minimum absolute atomic E-state index is 0.123. The van der Waals surface area contributed by atoms with E-state index in [4.69, 9.17) is 4.52 Å². The van der Waals surface area contributed by atoms with Crippen LogP contribution < -0.4 is 0 Å². The van der Waals surface area contributed by atoms with Crippen LogP contribution in [0.1, 0.15) is 29.0 Å². The maximum atomic E-state index is 13.1. The Hall–Kier alpha value is -2.27. The van der Waals surface area contributed by atoms with Gasteiger partial charge in [-0.05, 0) is 44.9 Å². The summed E-state index contributed by atoms with van der Waals surface area (Å²) >= 11 is 0. The van der Waals surface area contributed by atoms with Crippen LogP contribution in [0.2, 0.25) is 0 Å². The van der Waals surface area contributed by atoms with Crippen molar-refractivity contribution in [3.8, 4) is 0 Å². The van der Waals surface area contributed by atoms with Crippen molar-refractivity contribution in [3.05, 3.63) is 46.8 Å². The fourth-order valence-corrected chi connectivity index (χ4v) is 6.55. The summed E-state index contributed by atoms with van der Waals surface area (Å²) in [6.07, 6.45) is 0.681. The summed E-state index contributed by atoms with van der Waals surface area (Å²) in [6, 6.07) is 8.44. The Morgan fingerprint density at radius 2 is 1.65 bits per heavy atom. The molecule has 0 radical (unpaired) electrons. The number of hydrogen-bond donors (Lipinski definition) is 0.